The minimum absolute atomic E-state index is 0.00229. The fraction of sp³-hybridized carbons (Fsp3) is 0.533. The number of carbonyl (C=O) groups is 1. The average Bonchev–Trinajstić information content (AvgIpc) is 2.99. The minimum Gasteiger partial charge on any atom is -0.492 e. The minimum atomic E-state index is -0.155. The fourth-order valence-electron chi connectivity index (χ4n) is 2.25. The molecule has 0 unspecified atom stereocenters. The molecule has 0 aliphatic carbocycles. The number of nitrogens with zero attached hydrogens (tertiary/aromatic N) is 1. The van der Waals surface area contributed by atoms with E-state index in [9.17, 15) is 4.79 Å². The van der Waals surface area contributed by atoms with Crippen molar-refractivity contribution >= 4 is 17.5 Å². The van der Waals surface area contributed by atoms with Crippen molar-refractivity contribution in [3.63, 3.8) is 0 Å². The third-order valence-corrected chi connectivity index (χ3v) is 3.65. The topological polar surface area (TPSA) is 41.6 Å². The van der Waals surface area contributed by atoms with Crippen LogP contribution in [0.15, 0.2) is 24.3 Å². The van der Waals surface area contributed by atoms with E-state index in [0.29, 0.717) is 6.54 Å². The summed E-state index contributed by atoms with van der Waals surface area (Å²) < 4.78 is 5.72. The lowest BCUT2D eigenvalue weighted by Gasteiger charge is -2.15. The van der Waals surface area contributed by atoms with Gasteiger partial charge >= 0.3 is 0 Å². The second-order valence-corrected chi connectivity index (χ2v) is 5.22. The van der Waals surface area contributed by atoms with Gasteiger partial charge < -0.3 is 10.1 Å². The van der Waals surface area contributed by atoms with Gasteiger partial charge in [0.25, 0.3) is 0 Å². The van der Waals surface area contributed by atoms with Crippen LogP contribution in [0.2, 0.25) is 0 Å². The molecule has 1 N–H and O–H groups in total. The predicted octanol–water partition coefficient (Wildman–Crippen LogP) is 2.02. The lowest BCUT2D eigenvalue weighted by molar-refractivity contribution is -0.118. The van der Waals surface area contributed by atoms with Crippen molar-refractivity contribution in [1.82, 2.24) is 10.2 Å². The number of ether oxygens (including phenoxy) is 1. The summed E-state index contributed by atoms with van der Waals surface area (Å²) in [5, 5.41) is 2.73. The van der Waals surface area contributed by atoms with Crippen LogP contribution in [0.4, 0.5) is 0 Å². The van der Waals surface area contributed by atoms with Gasteiger partial charge in [-0.05, 0) is 43.6 Å². The van der Waals surface area contributed by atoms with Gasteiger partial charge in [-0.15, -0.1) is 11.6 Å². The van der Waals surface area contributed by atoms with E-state index in [1.165, 1.54) is 25.9 Å². The number of benzene rings is 1. The molecule has 0 spiro atoms. The second kappa shape index (κ2) is 8.12. The number of halogens is 1. The van der Waals surface area contributed by atoms with Gasteiger partial charge in [0.1, 0.15) is 18.2 Å². The maximum atomic E-state index is 11.0. The highest BCUT2D eigenvalue weighted by Gasteiger charge is 2.10. The predicted molar refractivity (Wildman–Crippen MR) is 80.2 cm³/mol. The molecule has 2 rings (SSSR count). The largest absolute Gasteiger partial charge is 0.492 e. The molecule has 1 aliphatic rings. The maximum absolute atomic E-state index is 11.0. The molecule has 1 amide bonds. The van der Waals surface area contributed by atoms with Gasteiger partial charge in [0.15, 0.2) is 0 Å². The summed E-state index contributed by atoms with van der Waals surface area (Å²) in [7, 11) is 0. The Kier molecular flexibility index (Phi) is 6.15. The molecule has 1 aromatic rings. The normalized spacial score (nSPS) is 15.2. The molecule has 5 heteroatoms. The first-order valence-corrected chi connectivity index (χ1v) is 7.58. The van der Waals surface area contributed by atoms with Crippen molar-refractivity contribution in [2.45, 2.75) is 19.4 Å². The van der Waals surface area contributed by atoms with Crippen LogP contribution >= 0.6 is 11.6 Å². The number of hydrogen-bond donors (Lipinski definition) is 1. The highest BCUT2D eigenvalue weighted by atomic mass is 35.5. The van der Waals surface area contributed by atoms with Crippen molar-refractivity contribution in [2.75, 3.05) is 32.1 Å². The third-order valence-electron chi connectivity index (χ3n) is 3.41. The van der Waals surface area contributed by atoms with E-state index >= 15 is 0 Å². The molecule has 0 radical (unpaired) electrons. The molecule has 0 saturated carbocycles. The van der Waals surface area contributed by atoms with Crippen LogP contribution in [0.25, 0.3) is 0 Å². The summed E-state index contributed by atoms with van der Waals surface area (Å²) in [4.78, 5) is 13.5. The fourth-order valence-corrected chi connectivity index (χ4v) is 2.34. The van der Waals surface area contributed by atoms with Gasteiger partial charge in [-0.2, -0.15) is 0 Å². The van der Waals surface area contributed by atoms with E-state index < -0.39 is 0 Å². The van der Waals surface area contributed by atoms with Crippen LogP contribution in [-0.2, 0) is 11.3 Å². The number of hydrogen-bond acceptors (Lipinski definition) is 3. The highest BCUT2D eigenvalue weighted by Crippen LogP contribution is 2.13. The first-order chi connectivity index (χ1) is 9.78. The molecule has 1 aromatic carbocycles. The summed E-state index contributed by atoms with van der Waals surface area (Å²) in [6.45, 7) is 4.61. The molecule has 1 saturated heterocycles. The summed E-state index contributed by atoms with van der Waals surface area (Å²) in [5.74, 6) is 0.715. The summed E-state index contributed by atoms with van der Waals surface area (Å²) >= 11 is 5.42. The van der Waals surface area contributed by atoms with Gasteiger partial charge in [-0.1, -0.05) is 12.1 Å². The van der Waals surface area contributed by atoms with Gasteiger partial charge in [-0.3, -0.25) is 9.69 Å². The zero-order chi connectivity index (χ0) is 14.2. The molecular weight excluding hydrogens is 276 g/mol. The number of likely N-dealkylation sites (tertiary alicyclic amines) is 1. The molecule has 0 aromatic heterocycles. The standard InChI is InChI=1S/C15H21ClN2O2/c16-11-15(19)17-12-13-3-5-14(6-4-13)20-10-9-18-7-1-2-8-18/h3-6H,1-2,7-12H2,(H,17,19). The van der Waals surface area contributed by atoms with Crippen molar-refractivity contribution in [1.29, 1.82) is 0 Å². The third kappa shape index (κ3) is 5.02. The Morgan fingerprint density at radius 1 is 1.25 bits per heavy atom. The quantitative estimate of drug-likeness (QED) is 0.783. The number of rotatable bonds is 7. The zero-order valence-electron chi connectivity index (χ0n) is 11.6. The van der Waals surface area contributed by atoms with E-state index in [1.54, 1.807) is 0 Å². The van der Waals surface area contributed by atoms with E-state index in [0.717, 1.165) is 24.5 Å². The van der Waals surface area contributed by atoms with Gasteiger partial charge in [0.05, 0.1) is 0 Å². The van der Waals surface area contributed by atoms with Crippen molar-refractivity contribution in [3.8, 4) is 5.75 Å². The molecule has 1 heterocycles. The SMILES string of the molecule is O=C(CCl)NCc1ccc(OCCN2CCCC2)cc1. The van der Waals surface area contributed by atoms with E-state index in [-0.39, 0.29) is 11.8 Å². The van der Waals surface area contributed by atoms with Gasteiger partial charge in [0.2, 0.25) is 5.91 Å². The lowest BCUT2D eigenvalue weighted by atomic mass is 10.2. The Morgan fingerprint density at radius 3 is 2.60 bits per heavy atom. The van der Waals surface area contributed by atoms with Crippen LogP contribution in [-0.4, -0.2) is 42.9 Å². The molecule has 1 aliphatic heterocycles. The Balaban J connectivity index is 1.69. The lowest BCUT2D eigenvalue weighted by Crippen LogP contribution is -2.25. The highest BCUT2D eigenvalue weighted by molar-refractivity contribution is 6.27. The number of nitrogens with one attached hydrogen (secondary N) is 1. The average molecular weight is 297 g/mol. The Hall–Kier alpha value is -1.26. The van der Waals surface area contributed by atoms with Crippen LogP contribution in [0.3, 0.4) is 0 Å². The summed E-state index contributed by atoms with van der Waals surface area (Å²) in [6, 6.07) is 7.79. The first-order valence-electron chi connectivity index (χ1n) is 7.04. The van der Waals surface area contributed by atoms with Crippen molar-refractivity contribution in [3.05, 3.63) is 29.8 Å². The maximum Gasteiger partial charge on any atom is 0.235 e. The summed E-state index contributed by atoms with van der Waals surface area (Å²) in [6.07, 6.45) is 2.62. The molecular formula is C15H21ClN2O2. The number of amides is 1. The molecule has 110 valence electrons. The number of alkyl halides is 1. The molecule has 0 atom stereocenters. The molecule has 1 fully saturated rings. The second-order valence-electron chi connectivity index (χ2n) is 4.95. The van der Waals surface area contributed by atoms with Gasteiger partial charge in [-0.25, -0.2) is 0 Å². The summed E-state index contributed by atoms with van der Waals surface area (Å²) in [5.41, 5.74) is 1.04. The Morgan fingerprint density at radius 2 is 1.95 bits per heavy atom. The van der Waals surface area contributed by atoms with Crippen LogP contribution in [0.5, 0.6) is 5.75 Å². The number of carbonyl (C=O) groups excluding carboxylic acids is 1. The van der Waals surface area contributed by atoms with E-state index in [2.05, 4.69) is 10.2 Å². The first kappa shape index (κ1) is 15.1. The van der Waals surface area contributed by atoms with Crippen LogP contribution in [0.1, 0.15) is 18.4 Å². The Bertz CT molecular complexity index is 416. The Labute approximate surface area is 125 Å². The van der Waals surface area contributed by atoms with Crippen molar-refractivity contribution in [2.24, 2.45) is 0 Å². The van der Waals surface area contributed by atoms with Crippen molar-refractivity contribution < 1.29 is 9.53 Å². The van der Waals surface area contributed by atoms with Crippen LogP contribution in [0, 0.1) is 0 Å². The molecule has 4 nitrogen and oxygen atoms in total. The van der Waals surface area contributed by atoms with Crippen LogP contribution < -0.4 is 10.1 Å². The smallest absolute Gasteiger partial charge is 0.235 e. The van der Waals surface area contributed by atoms with E-state index in [1.807, 2.05) is 24.3 Å². The monoisotopic (exact) mass is 296 g/mol. The van der Waals surface area contributed by atoms with E-state index in [4.69, 9.17) is 16.3 Å². The molecule has 0 bridgehead atoms. The molecule has 20 heavy (non-hydrogen) atoms. The zero-order valence-corrected chi connectivity index (χ0v) is 12.4. The van der Waals surface area contributed by atoms with Gasteiger partial charge in [0, 0.05) is 13.1 Å².